The van der Waals surface area contributed by atoms with Gasteiger partial charge in [0.05, 0.1) is 6.61 Å². The Kier molecular flexibility index (Phi) is 4.77. The minimum absolute atomic E-state index is 0.441. The quantitative estimate of drug-likeness (QED) is 0.518. The Hall–Kier alpha value is -0.700. The number of halogens is 1. The van der Waals surface area contributed by atoms with Crippen LogP contribution in [-0.4, -0.2) is 57.7 Å². The van der Waals surface area contributed by atoms with Gasteiger partial charge in [-0.1, -0.05) is 15.9 Å². The van der Waals surface area contributed by atoms with Crippen molar-refractivity contribution in [2.75, 3.05) is 11.9 Å². The van der Waals surface area contributed by atoms with E-state index in [4.69, 9.17) is 9.84 Å². The van der Waals surface area contributed by atoms with Crippen LogP contribution >= 0.6 is 15.9 Å². The summed E-state index contributed by atoms with van der Waals surface area (Å²) in [6.45, 7) is -0.441. The van der Waals surface area contributed by atoms with Gasteiger partial charge in [-0.05, 0) is 24.3 Å². The van der Waals surface area contributed by atoms with Crippen LogP contribution in [-0.2, 0) is 4.74 Å². The van der Waals surface area contributed by atoms with Crippen LogP contribution in [0.25, 0.3) is 0 Å². The lowest BCUT2D eigenvalue weighted by Gasteiger charge is -2.40. The Morgan fingerprint density at radius 1 is 1.05 bits per heavy atom. The van der Waals surface area contributed by atoms with Gasteiger partial charge in [-0.15, -0.1) is 0 Å². The van der Waals surface area contributed by atoms with E-state index in [1.54, 1.807) is 12.1 Å². The summed E-state index contributed by atoms with van der Waals surface area (Å²) < 4.78 is 6.24. The number of nitrogens with one attached hydrogen (secondary N) is 1. The standard InChI is InChI=1S/C12H16BrNO5/c13-6-1-3-7(4-2-6)14-12-11(18)10(17)9(16)8(5-15)19-12/h1-4,8-12,14-18H,5H2/t8-,9+,10-,11+,12-/m0/s1. The highest BCUT2D eigenvalue weighted by Gasteiger charge is 2.43. The van der Waals surface area contributed by atoms with Gasteiger partial charge in [-0.25, -0.2) is 0 Å². The van der Waals surface area contributed by atoms with Crippen LogP contribution in [0, 0.1) is 0 Å². The molecular formula is C12H16BrNO5. The summed E-state index contributed by atoms with van der Waals surface area (Å²) in [6, 6.07) is 7.16. The summed E-state index contributed by atoms with van der Waals surface area (Å²) in [6.07, 6.45) is -5.83. The maximum absolute atomic E-state index is 9.85. The molecule has 0 aliphatic carbocycles. The Bertz CT molecular complexity index is 413. The van der Waals surface area contributed by atoms with Gasteiger partial charge in [0.25, 0.3) is 0 Å². The van der Waals surface area contributed by atoms with Crippen LogP contribution in [0.15, 0.2) is 28.7 Å². The van der Waals surface area contributed by atoms with E-state index in [1.165, 1.54) is 0 Å². The second-order valence-electron chi connectivity index (χ2n) is 4.40. The fraction of sp³-hybridized carbons (Fsp3) is 0.500. The third-order valence-electron chi connectivity index (χ3n) is 3.05. The van der Waals surface area contributed by atoms with Crippen molar-refractivity contribution < 1.29 is 25.2 Å². The first-order chi connectivity index (χ1) is 9.02. The number of hydrogen-bond acceptors (Lipinski definition) is 6. The van der Waals surface area contributed by atoms with Crippen molar-refractivity contribution in [2.45, 2.75) is 30.6 Å². The number of anilines is 1. The van der Waals surface area contributed by atoms with Crippen LogP contribution in [0.1, 0.15) is 0 Å². The van der Waals surface area contributed by atoms with E-state index >= 15 is 0 Å². The highest BCUT2D eigenvalue weighted by molar-refractivity contribution is 9.10. The molecular weight excluding hydrogens is 318 g/mol. The van der Waals surface area contributed by atoms with Crippen molar-refractivity contribution in [3.05, 3.63) is 28.7 Å². The van der Waals surface area contributed by atoms with Crippen molar-refractivity contribution in [3.63, 3.8) is 0 Å². The first-order valence-electron chi connectivity index (χ1n) is 5.85. The van der Waals surface area contributed by atoms with E-state index in [2.05, 4.69) is 21.2 Å². The number of benzene rings is 1. The van der Waals surface area contributed by atoms with Crippen molar-refractivity contribution in [1.29, 1.82) is 0 Å². The second-order valence-corrected chi connectivity index (χ2v) is 5.32. The molecule has 1 saturated heterocycles. The summed E-state index contributed by atoms with van der Waals surface area (Å²) in [5.41, 5.74) is 0.688. The molecule has 1 aromatic rings. The molecule has 0 unspecified atom stereocenters. The second kappa shape index (κ2) is 6.17. The lowest BCUT2D eigenvalue weighted by atomic mass is 9.98. The van der Waals surface area contributed by atoms with Crippen molar-refractivity contribution in [3.8, 4) is 0 Å². The molecule has 0 aromatic heterocycles. The molecule has 7 heteroatoms. The number of ether oxygens (including phenoxy) is 1. The van der Waals surface area contributed by atoms with Gasteiger partial charge in [0, 0.05) is 10.2 Å². The maximum atomic E-state index is 9.85. The van der Waals surface area contributed by atoms with E-state index in [0.29, 0.717) is 5.69 Å². The van der Waals surface area contributed by atoms with E-state index < -0.39 is 37.3 Å². The zero-order valence-corrected chi connectivity index (χ0v) is 11.6. The fourth-order valence-corrected chi connectivity index (χ4v) is 2.20. The fourth-order valence-electron chi connectivity index (χ4n) is 1.93. The van der Waals surface area contributed by atoms with Gasteiger partial charge in [-0.2, -0.15) is 0 Å². The first-order valence-corrected chi connectivity index (χ1v) is 6.65. The molecule has 0 amide bonds. The zero-order valence-electron chi connectivity index (χ0n) is 9.98. The van der Waals surface area contributed by atoms with E-state index in [9.17, 15) is 15.3 Å². The molecule has 106 valence electrons. The SMILES string of the molecule is OC[C@@H]1O[C@H](Nc2ccc(Br)cc2)[C@H](O)[C@@H](O)[C@@H]1O. The van der Waals surface area contributed by atoms with Gasteiger partial charge in [0.2, 0.25) is 0 Å². The van der Waals surface area contributed by atoms with E-state index in [1.807, 2.05) is 12.1 Å². The zero-order chi connectivity index (χ0) is 14.0. The minimum Gasteiger partial charge on any atom is -0.394 e. The minimum atomic E-state index is -1.38. The Labute approximate surface area is 118 Å². The normalized spacial score (nSPS) is 35.1. The average molecular weight is 334 g/mol. The van der Waals surface area contributed by atoms with Crippen LogP contribution in [0.4, 0.5) is 5.69 Å². The lowest BCUT2D eigenvalue weighted by molar-refractivity contribution is -0.221. The molecule has 5 atom stereocenters. The van der Waals surface area contributed by atoms with Gasteiger partial charge >= 0.3 is 0 Å². The molecule has 1 aliphatic heterocycles. The predicted molar refractivity (Wildman–Crippen MR) is 71.5 cm³/mol. The van der Waals surface area contributed by atoms with Gasteiger partial charge < -0.3 is 30.5 Å². The van der Waals surface area contributed by atoms with E-state index in [0.717, 1.165) is 4.47 Å². The number of aliphatic hydroxyl groups is 4. The summed E-state index contributed by atoms with van der Waals surface area (Å²) in [5, 5.41) is 41.1. The highest BCUT2D eigenvalue weighted by Crippen LogP contribution is 2.23. The van der Waals surface area contributed by atoms with Crippen molar-refractivity contribution >= 4 is 21.6 Å². The van der Waals surface area contributed by atoms with Gasteiger partial charge in [0.15, 0.2) is 6.23 Å². The average Bonchev–Trinajstić information content (AvgIpc) is 2.42. The smallest absolute Gasteiger partial charge is 0.157 e. The van der Waals surface area contributed by atoms with Crippen molar-refractivity contribution in [2.24, 2.45) is 0 Å². The van der Waals surface area contributed by atoms with Gasteiger partial charge in [-0.3, -0.25) is 0 Å². The van der Waals surface area contributed by atoms with Crippen LogP contribution in [0.2, 0.25) is 0 Å². The third kappa shape index (κ3) is 3.25. The third-order valence-corrected chi connectivity index (χ3v) is 3.57. The molecule has 6 nitrogen and oxygen atoms in total. The number of aliphatic hydroxyl groups excluding tert-OH is 4. The van der Waals surface area contributed by atoms with Crippen molar-refractivity contribution in [1.82, 2.24) is 0 Å². The molecule has 0 radical (unpaired) electrons. The summed E-state index contributed by atoms with van der Waals surface area (Å²) in [4.78, 5) is 0. The number of rotatable bonds is 3. The Morgan fingerprint density at radius 3 is 2.26 bits per heavy atom. The van der Waals surface area contributed by atoms with Crippen LogP contribution in [0.3, 0.4) is 0 Å². The maximum Gasteiger partial charge on any atom is 0.157 e. The van der Waals surface area contributed by atoms with Gasteiger partial charge in [0.1, 0.15) is 24.4 Å². The molecule has 1 aromatic carbocycles. The Morgan fingerprint density at radius 2 is 1.68 bits per heavy atom. The largest absolute Gasteiger partial charge is 0.394 e. The molecule has 1 aliphatic rings. The highest BCUT2D eigenvalue weighted by atomic mass is 79.9. The topological polar surface area (TPSA) is 102 Å². The predicted octanol–water partition coefficient (Wildman–Crippen LogP) is -0.339. The molecule has 5 N–H and O–H groups in total. The molecule has 2 rings (SSSR count). The summed E-state index contributed by atoms with van der Waals surface area (Å²) in [7, 11) is 0. The van der Waals surface area contributed by atoms with Crippen LogP contribution < -0.4 is 5.32 Å². The molecule has 0 spiro atoms. The molecule has 1 heterocycles. The van der Waals surface area contributed by atoms with Crippen LogP contribution in [0.5, 0.6) is 0 Å². The number of hydrogen-bond donors (Lipinski definition) is 5. The summed E-state index contributed by atoms with van der Waals surface area (Å²) in [5.74, 6) is 0. The molecule has 19 heavy (non-hydrogen) atoms. The lowest BCUT2D eigenvalue weighted by Crippen LogP contribution is -2.60. The monoisotopic (exact) mass is 333 g/mol. The molecule has 1 fully saturated rings. The summed E-state index contributed by atoms with van der Waals surface area (Å²) >= 11 is 3.31. The first kappa shape index (κ1) is 14.7. The van der Waals surface area contributed by atoms with E-state index in [-0.39, 0.29) is 0 Å². The Balaban J connectivity index is 2.08. The molecule has 0 bridgehead atoms. The molecule has 0 saturated carbocycles.